The Hall–Kier alpha value is -3.14. The Labute approximate surface area is 178 Å². The second-order valence-electron chi connectivity index (χ2n) is 6.03. The molecule has 146 valence electrons. The molecule has 0 aliphatic heterocycles. The van der Waals surface area contributed by atoms with Crippen LogP contribution in [0, 0.1) is 11.3 Å². The van der Waals surface area contributed by atoms with Gasteiger partial charge in [0.05, 0.1) is 11.3 Å². The van der Waals surface area contributed by atoms with Gasteiger partial charge in [0, 0.05) is 22.5 Å². The van der Waals surface area contributed by atoms with Gasteiger partial charge in [0.1, 0.15) is 16.8 Å². The number of allylic oxidation sites excluding steroid dienone is 1. The number of hydrogen-bond acceptors (Lipinski definition) is 5. The standard InChI is InChI=1S/C22H18ClN3O2S/c1-2-25-21(27)13-28-19-9-3-15(4-10-19)11-17(12-24)22-26-20(14-29-22)16-5-7-18(23)8-6-16/h3-11,14H,2,13H2,1H3,(H,25,27)/b17-11+. The van der Waals surface area contributed by atoms with Crippen molar-refractivity contribution in [2.75, 3.05) is 13.2 Å². The molecule has 0 bridgehead atoms. The Bertz CT molecular complexity index is 1050. The van der Waals surface area contributed by atoms with Gasteiger partial charge in [0.2, 0.25) is 0 Å². The quantitative estimate of drug-likeness (QED) is 0.540. The molecule has 1 amide bonds. The molecule has 0 fully saturated rings. The van der Waals surface area contributed by atoms with Gasteiger partial charge in [-0.1, -0.05) is 35.9 Å². The SMILES string of the molecule is CCNC(=O)COc1ccc(/C=C(\C#N)c2nc(-c3ccc(Cl)cc3)cs2)cc1. The zero-order valence-electron chi connectivity index (χ0n) is 15.7. The minimum Gasteiger partial charge on any atom is -0.484 e. The Morgan fingerprint density at radius 1 is 1.24 bits per heavy atom. The van der Waals surface area contributed by atoms with Crippen molar-refractivity contribution in [3.05, 3.63) is 69.5 Å². The largest absolute Gasteiger partial charge is 0.484 e. The molecule has 1 N–H and O–H groups in total. The second-order valence-corrected chi connectivity index (χ2v) is 7.32. The van der Waals surface area contributed by atoms with Crippen molar-refractivity contribution < 1.29 is 9.53 Å². The van der Waals surface area contributed by atoms with Crippen LogP contribution in [-0.4, -0.2) is 24.0 Å². The number of ether oxygens (including phenoxy) is 1. The van der Waals surface area contributed by atoms with Gasteiger partial charge in [-0.3, -0.25) is 4.79 Å². The van der Waals surface area contributed by atoms with Crippen LogP contribution >= 0.6 is 22.9 Å². The van der Waals surface area contributed by atoms with E-state index in [9.17, 15) is 10.1 Å². The molecule has 0 saturated heterocycles. The Morgan fingerprint density at radius 3 is 2.62 bits per heavy atom. The highest BCUT2D eigenvalue weighted by Crippen LogP contribution is 2.28. The molecular weight excluding hydrogens is 406 g/mol. The fourth-order valence-corrected chi connectivity index (χ4v) is 3.44. The van der Waals surface area contributed by atoms with E-state index in [4.69, 9.17) is 16.3 Å². The lowest BCUT2D eigenvalue weighted by atomic mass is 10.1. The number of nitrogens with zero attached hydrogens (tertiary/aromatic N) is 2. The van der Waals surface area contributed by atoms with E-state index in [0.29, 0.717) is 27.9 Å². The van der Waals surface area contributed by atoms with Crippen LogP contribution in [0.3, 0.4) is 0 Å². The smallest absolute Gasteiger partial charge is 0.257 e. The highest BCUT2D eigenvalue weighted by molar-refractivity contribution is 7.11. The summed E-state index contributed by atoms with van der Waals surface area (Å²) < 4.78 is 5.43. The van der Waals surface area contributed by atoms with Crippen LogP contribution in [0.4, 0.5) is 0 Å². The van der Waals surface area contributed by atoms with E-state index >= 15 is 0 Å². The summed E-state index contributed by atoms with van der Waals surface area (Å²) in [7, 11) is 0. The molecule has 0 radical (unpaired) electrons. The highest BCUT2D eigenvalue weighted by Gasteiger charge is 2.09. The average molecular weight is 424 g/mol. The molecule has 1 heterocycles. The van der Waals surface area contributed by atoms with E-state index in [2.05, 4.69) is 16.4 Å². The number of thiazole rings is 1. The first-order valence-corrected chi connectivity index (χ1v) is 10.2. The van der Waals surface area contributed by atoms with Gasteiger partial charge in [-0.2, -0.15) is 5.26 Å². The molecule has 2 aromatic carbocycles. The minimum atomic E-state index is -0.163. The number of nitriles is 1. The number of amides is 1. The van der Waals surface area contributed by atoms with E-state index in [-0.39, 0.29) is 12.5 Å². The van der Waals surface area contributed by atoms with Crippen LogP contribution in [0.5, 0.6) is 5.75 Å². The van der Waals surface area contributed by atoms with Crippen molar-refractivity contribution in [3.8, 4) is 23.1 Å². The number of carbonyl (C=O) groups excluding carboxylic acids is 1. The first kappa shape index (κ1) is 20.6. The summed E-state index contributed by atoms with van der Waals surface area (Å²) >= 11 is 7.34. The third-order valence-corrected chi connectivity index (χ3v) is 5.06. The summed E-state index contributed by atoms with van der Waals surface area (Å²) in [6.45, 7) is 2.39. The van der Waals surface area contributed by atoms with Crippen LogP contribution in [0.1, 0.15) is 17.5 Å². The summed E-state index contributed by atoms with van der Waals surface area (Å²) in [4.78, 5) is 16.0. The summed E-state index contributed by atoms with van der Waals surface area (Å²) in [5, 5.41) is 15.5. The van der Waals surface area contributed by atoms with Gasteiger partial charge in [0.25, 0.3) is 5.91 Å². The van der Waals surface area contributed by atoms with Gasteiger partial charge in [-0.05, 0) is 42.8 Å². The number of aromatic nitrogens is 1. The van der Waals surface area contributed by atoms with Gasteiger partial charge < -0.3 is 10.1 Å². The van der Waals surface area contributed by atoms with E-state index in [1.54, 1.807) is 18.2 Å². The van der Waals surface area contributed by atoms with E-state index in [1.165, 1.54) is 11.3 Å². The molecule has 0 spiro atoms. The Morgan fingerprint density at radius 2 is 1.97 bits per heavy atom. The van der Waals surface area contributed by atoms with Crippen molar-refractivity contribution in [1.29, 1.82) is 5.26 Å². The van der Waals surface area contributed by atoms with Crippen molar-refractivity contribution in [3.63, 3.8) is 0 Å². The summed E-state index contributed by atoms with van der Waals surface area (Å²) in [6, 6.07) is 16.8. The molecule has 3 aromatic rings. The molecule has 3 rings (SSSR count). The van der Waals surface area contributed by atoms with Gasteiger partial charge in [-0.25, -0.2) is 4.98 Å². The molecule has 7 heteroatoms. The number of nitrogens with one attached hydrogen (secondary N) is 1. The molecule has 29 heavy (non-hydrogen) atoms. The van der Waals surface area contributed by atoms with E-state index in [0.717, 1.165) is 16.8 Å². The number of carbonyl (C=O) groups is 1. The molecule has 5 nitrogen and oxygen atoms in total. The highest BCUT2D eigenvalue weighted by atomic mass is 35.5. The number of hydrogen-bond donors (Lipinski definition) is 1. The van der Waals surface area contributed by atoms with Crippen LogP contribution in [-0.2, 0) is 4.79 Å². The van der Waals surface area contributed by atoms with Crippen LogP contribution in [0.15, 0.2) is 53.9 Å². The lowest BCUT2D eigenvalue weighted by Crippen LogP contribution is -2.28. The molecule has 0 atom stereocenters. The molecule has 0 unspecified atom stereocenters. The topological polar surface area (TPSA) is 75.0 Å². The average Bonchev–Trinajstić information content (AvgIpc) is 3.22. The maximum absolute atomic E-state index is 11.5. The van der Waals surface area contributed by atoms with Crippen molar-refractivity contribution in [1.82, 2.24) is 10.3 Å². The third kappa shape index (κ3) is 5.67. The van der Waals surface area contributed by atoms with E-state index < -0.39 is 0 Å². The first-order chi connectivity index (χ1) is 14.1. The van der Waals surface area contributed by atoms with Crippen LogP contribution < -0.4 is 10.1 Å². The molecule has 0 aliphatic rings. The minimum absolute atomic E-state index is 0.0287. The Balaban J connectivity index is 1.72. The van der Waals surface area contributed by atoms with Gasteiger partial charge in [0.15, 0.2) is 6.61 Å². The molecule has 0 aliphatic carbocycles. The first-order valence-electron chi connectivity index (χ1n) is 8.92. The molecule has 0 saturated carbocycles. The van der Waals surface area contributed by atoms with Crippen LogP contribution in [0.2, 0.25) is 5.02 Å². The maximum Gasteiger partial charge on any atom is 0.257 e. The fourth-order valence-electron chi connectivity index (χ4n) is 2.52. The monoisotopic (exact) mass is 423 g/mol. The van der Waals surface area contributed by atoms with Crippen molar-refractivity contribution in [2.45, 2.75) is 6.92 Å². The maximum atomic E-state index is 11.5. The van der Waals surface area contributed by atoms with Crippen molar-refractivity contribution >= 4 is 40.5 Å². The second kappa shape index (κ2) is 9.87. The predicted molar refractivity (Wildman–Crippen MR) is 117 cm³/mol. The number of halogens is 1. The normalized spacial score (nSPS) is 11.0. The van der Waals surface area contributed by atoms with Gasteiger partial charge in [-0.15, -0.1) is 11.3 Å². The zero-order valence-corrected chi connectivity index (χ0v) is 17.3. The number of rotatable bonds is 7. The molecular formula is C22H18ClN3O2S. The number of likely N-dealkylation sites (N-methyl/N-ethyl adjacent to an activating group) is 1. The lowest BCUT2D eigenvalue weighted by Gasteiger charge is -2.06. The fraction of sp³-hybridized carbons (Fsp3) is 0.136. The van der Waals surface area contributed by atoms with Crippen molar-refractivity contribution in [2.24, 2.45) is 0 Å². The lowest BCUT2D eigenvalue weighted by molar-refractivity contribution is -0.122. The Kier molecular flexibility index (Phi) is 7.01. The predicted octanol–water partition coefficient (Wildman–Crippen LogP) is 5.04. The van der Waals surface area contributed by atoms with Gasteiger partial charge >= 0.3 is 0 Å². The third-order valence-electron chi connectivity index (χ3n) is 3.93. The zero-order chi connectivity index (χ0) is 20.6. The molecule has 1 aromatic heterocycles. The summed E-state index contributed by atoms with van der Waals surface area (Å²) in [5.41, 5.74) is 3.07. The number of benzene rings is 2. The summed E-state index contributed by atoms with van der Waals surface area (Å²) in [6.07, 6.45) is 1.78. The summed E-state index contributed by atoms with van der Waals surface area (Å²) in [5.74, 6) is 0.426. The van der Waals surface area contributed by atoms with E-state index in [1.807, 2.05) is 48.7 Å². The van der Waals surface area contributed by atoms with Crippen LogP contribution in [0.25, 0.3) is 22.9 Å².